The summed E-state index contributed by atoms with van der Waals surface area (Å²) >= 11 is 0. The molecule has 0 amide bonds. The molecule has 1 aromatic rings. The Morgan fingerprint density at radius 2 is 1.13 bits per heavy atom. The molecule has 0 aliphatic carbocycles. The van der Waals surface area contributed by atoms with Crippen LogP contribution in [0, 0.1) is 0 Å². The minimum absolute atomic E-state index is 0.0200. The van der Waals surface area contributed by atoms with Crippen LogP contribution in [0.4, 0.5) is 0 Å². The molecule has 0 saturated carbocycles. The molecular formula is C27H48O3. The second-order valence-corrected chi connectivity index (χ2v) is 8.61. The number of para-hydroxylation sites is 1. The number of ether oxygens (including phenoxy) is 2. The Morgan fingerprint density at radius 1 is 0.667 bits per heavy atom. The first-order chi connectivity index (χ1) is 14.9. The van der Waals surface area contributed by atoms with Gasteiger partial charge in [0.1, 0.15) is 11.9 Å². The van der Waals surface area contributed by atoms with Crippen LogP contribution in [0.1, 0.15) is 110 Å². The van der Waals surface area contributed by atoms with E-state index >= 15 is 0 Å². The molecule has 1 aromatic carbocycles. The van der Waals surface area contributed by atoms with Gasteiger partial charge in [-0.25, -0.2) is 0 Å². The van der Waals surface area contributed by atoms with E-state index in [2.05, 4.69) is 6.92 Å². The molecule has 0 radical (unpaired) electrons. The van der Waals surface area contributed by atoms with Crippen molar-refractivity contribution in [1.29, 1.82) is 0 Å². The number of unbranched alkanes of at least 4 members (excludes halogenated alkanes) is 15. The van der Waals surface area contributed by atoms with E-state index in [0.717, 1.165) is 18.8 Å². The van der Waals surface area contributed by atoms with Crippen molar-refractivity contribution >= 4 is 0 Å². The van der Waals surface area contributed by atoms with E-state index in [1.54, 1.807) is 0 Å². The molecule has 0 aliphatic heterocycles. The third-order valence-electron chi connectivity index (χ3n) is 5.70. The molecule has 30 heavy (non-hydrogen) atoms. The topological polar surface area (TPSA) is 38.7 Å². The Labute approximate surface area is 186 Å². The number of aliphatic hydroxyl groups is 1. The third kappa shape index (κ3) is 16.7. The average molecular weight is 421 g/mol. The Bertz CT molecular complexity index is 449. The van der Waals surface area contributed by atoms with Gasteiger partial charge in [-0.05, 0) is 18.6 Å². The SMILES string of the molecule is CCCCCCCCCCCCCCCCCCOC[C@H](CO)Oc1ccccc1. The smallest absolute Gasteiger partial charge is 0.145 e. The van der Waals surface area contributed by atoms with Gasteiger partial charge in [-0.1, -0.05) is 121 Å². The van der Waals surface area contributed by atoms with E-state index in [4.69, 9.17) is 9.47 Å². The highest BCUT2D eigenvalue weighted by atomic mass is 16.5. The van der Waals surface area contributed by atoms with Crippen LogP contribution in [0.5, 0.6) is 5.75 Å². The van der Waals surface area contributed by atoms with E-state index in [0.29, 0.717) is 6.61 Å². The second kappa shape index (κ2) is 21.2. The summed E-state index contributed by atoms with van der Waals surface area (Å²) in [5.41, 5.74) is 0. The van der Waals surface area contributed by atoms with Crippen molar-refractivity contribution in [3.05, 3.63) is 30.3 Å². The fourth-order valence-electron chi connectivity index (χ4n) is 3.78. The number of hydrogen-bond donors (Lipinski definition) is 1. The predicted molar refractivity (Wildman–Crippen MR) is 128 cm³/mol. The van der Waals surface area contributed by atoms with Crippen LogP contribution in [0.15, 0.2) is 30.3 Å². The first kappa shape index (κ1) is 27.0. The lowest BCUT2D eigenvalue weighted by molar-refractivity contribution is 0.0189. The molecule has 0 aromatic heterocycles. The zero-order valence-corrected chi connectivity index (χ0v) is 19.7. The van der Waals surface area contributed by atoms with E-state index in [1.807, 2.05) is 30.3 Å². The summed E-state index contributed by atoms with van der Waals surface area (Å²) in [6.07, 6.45) is 21.8. The summed E-state index contributed by atoms with van der Waals surface area (Å²) in [5.74, 6) is 0.780. The Hall–Kier alpha value is -1.06. The highest BCUT2D eigenvalue weighted by Crippen LogP contribution is 2.14. The molecular weight excluding hydrogens is 372 g/mol. The van der Waals surface area contributed by atoms with Crippen molar-refractivity contribution in [2.75, 3.05) is 19.8 Å². The molecule has 0 spiro atoms. The molecule has 0 saturated heterocycles. The minimum Gasteiger partial charge on any atom is -0.486 e. The summed E-state index contributed by atoms with van der Waals surface area (Å²) in [6.45, 7) is 3.47. The van der Waals surface area contributed by atoms with Gasteiger partial charge in [0.05, 0.1) is 13.2 Å². The maximum absolute atomic E-state index is 9.43. The summed E-state index contributed by atoms with van der Waals surface area (Å²) in [7, 11) is 0. The predicted octanol–water partition coefficient (Wildman–Crippen LogP) is 7.70. The summed E-state index contributed by atoms with van der Waals surface area (Å²) in [5, 5.41) is 9.43. The van der Waals surface area contributed by atoms with E-state index in [-0.39, 0.29) is 12.7 Å². The van der Waals surface area contributed by atoms with Gasteiger partial charge in [0.15, 0.2) is 0 Å². The van der Waals surface area contributed by atoms with Gasteiger partial charge in [0, 0.05) is 6.61 Å². The van der Waals surface area contributed by atoms with Crippen molar-refractivity contribution in [1.82, 2.24) is 0 Å². The minimum atomic E-state index is -0.284. The van der Waals surface area contributed by atoms with Gasteiger partial charge in [-0.3, -0.25) is 0 Å². The Balaban J connectivity index is 1.78. The molecule has 3 nitrogen and oxygen atoms in total. The summed E-state index contributed by atoms with van der Waals surface area (Å²) < 4.78 is 11.4. The van der Waals surface area contributed by atoms with E-state index < -0.39 is 0 Å². The molecule has 1 rings (SSSR count). The van der Waals surface area contributed by atoms with Crippen LogP contribution in [0.2, 0.25) is 0 Å². The van der Waals surface area contributed by atoms with Crippen LogP contribution >= 0.6 is 0 Å². The molecule has 0 fully saturated rings. The molecule has 174 valence electrons. The highest BCUT2D eigenvalue weighted by molar-refractivity contribution is 5.21. The summed E-state index contributed by atoms with van der Waals surface area (Å²) in [6, 6.07) is 9.62. The molecule has 0 heterocycles. The molecule has 1 N–H and O–H groups in total. The van der Waals surface area contributed by atoms with Crippen LogP contribution in [0.25, 0.3) is 0 Å². The molecule has 0 unspecified atom stereocenters. The van der Waals surface area contributed by atoms with Gasteiger partial charge in [0.25, 0.3) is 0 Å². The first-order valence-corrected chi connectivity index (χ1v) is 12.8. The zero-order valence-electron chi connectivity index (χ0n) is 19.7. The van der Waals surface area contributed by atoms with Gasteiger partial charge in [-0.2, -0.15) is 0 Å². The lowest BCUT2D eigenvalue weighted by Gasteiger charge is -2.17. The Morgan fingerprint density at radius 3 is 1.60 bits per heavy atom. The molecule has 1 atom stereocenters. The van der Waals surface area contributed by atoms with Crippen LogP contribution < -0.4 is 4.74 Å². The van der Waals surface area contributed by atoms with Crippen molar-refractivity contribution in [2.45, 2.75) is 116 Å². The average Bonchev–Trinajstić information content (AvgIpc) is 2.78. The van der Waals surface area contributed by atoms with Gasteiger partial charge in [-0.15, -0.1) is 0 Å². The first-order valence-electron chi connectivity index (χ1n) is 12.8. The van der Waals surface area contributed by atoms with E-state index in [1.165, 1.54) is 96.3 Å². The maximum Gasteiger partial charge on any atom is 0.145 e. The van der Waals surface area contributed by atoms with Crippen molar-refractivity contribution in [2.24, 2.45) is 0 Å². The quantitative estimate of drug-likeness (QED) is 0.195. The van der Waals surface area contributed by atoms with Gasteiger partial charge >= 0.3 is 0 Å². The summed E-state index contributed by atoms with van der Waals surface area (Å²) in [4.78, 5) is 0. The lowest BCUT2D eigenvalue weighted by atomic mass is 10.0. The standard InChI is InChI=1S/C27H48O3/c1-2-3-4-5-6-7-8-9-10-11-12-13-14-15-16-20-23-29-25-27(24-28)30-26-21-18-17-19-22-26/h17-19,21-22,27-28H,2-16,20,23-25H2,1H3/t27-/m0/s1. The van der Waals surface area contributed by atoms with Crippen molar-refractivity contribution in [3.63, 3.8) is 0 Å². The zero-order chi connectivity index (χ0) is 21.5. The fraction of sp³-hybridized carbons (Fsp3) is 0.778. The van der Waals surface area contributed by atoms with Crippen LogP contribution in [-0.2, 0) is 4.74 Å². The number of benzene rings is 1. The highest BCUT2D eigenvalue weighted by Gasteiger charge is 2.09. The molecule has 0 bridgehead atoms. The number of aliphatic hydroxyl groups excluding tert-OH is 1. The van der Waals surface area contributed by atoms with Crippen molar-refractivity contribution in [3.8, 4) is 5.75 Å². The monoisotopic (exact) mass is 420 g/mol. The Kier molecular flexibility index (Phi) is 19.0. The van der Waals surface area contributed by atoms with Gasteiger partial charge < -0.3 is 14.6 Å². The third-order valence-corrected chi connectivity index (χ3v) is 5.70. The van der Waals surface area contributed by atoms with Crippen LogP contribution in [-0.4, -0.2) is 31.0 Å². The molecule has 3 heteroatoms. The van der Waals surface area contributed by atoms with Crippen molar-refractivity contribution < 1.29 is 14.6 Å². The van der Waals surface area contributed by atoms with E-state index in [9.17, 15) is 5.11 Å². The fourth-order valence-corrected chi connectivity index (χ4v) is 3.78. The normalized spacial score (nSPS) is 12.2. The molecule has 0 aliphatic rings. The largest absolute Gasteiger partial charge is 0.486 e. The van der Waals surface area contributed by atoms with Gasteiger partial charge in [0.2, 0.25) is 0 Å². The maximum atomic E-state index is 9.43. The van der Waals surface area contributed by atoms with Crippen LogP contribution in [0.3, 0.4) is 0 Å². The second-order valence-electron chi connectivity index (χ2n) is 8.61. The lowest BCUT2D eigenvalue weighted by Crippen LogP contribution is -2.27. The number of hydrogen-bond acceptors (Lipinski definition) is 3. The number of rotatable bonds is 22.